The highest BCUT2D eigenvalue weighted by atomic mass is 35.5. The molecule has 1 aliphatic rings. The van der Waals surface area contributed by atoms with Crippen LogP contribution in [0.15, 0.2) is 18.2 Å². The third-order valence-corrected chi connectivity index (χ3v) is 4.55. The smallest absolute Gasteiger partial charge is 0.308 e. The van der Waals surface area contributed by atoms with Crippen LogP contribution < -0.4 is 10.1 Å². The minimum atomic E-state index is -0.825. The molecule has 2 atom stereocenters. The number of carbonyl (C=O) groups excluding carboxylic acids is 1. The first kappa shape index (κ1) is 17.6. The number of rotatable bonds is 7. The molecule has 1 amide bonds. The van der Waals surface area contributed by atoms with Crippen LogP contribution in [0.3, 0.4) is 0 Å². The zero-order chi connectivity index (χ0) is 16.8. The van der Waals surface area contributed by atoms with Crippen molar-refractivity contribution in [3.63, 3.8) is 0 Å². The number of carboxylic acid groups (broad SMARTS) is 1. The van der Waals surface area contributed by atoms with E-state index in [0.29, 0.717) is 30.9 Å². The Morgan fingerprint density at radius 1 is 1.39 bits per heavy atom. The zero-order valence-corrected chi connectivity index (χ0v) is 13.9. The molecule has 2 rings (SSSR count). The van der Waals surface area contributed by atoms with Gasteiger partial charge in [-0.25, -0.2) is 0 Å². The molecule has 23 heavy (non-hydrogen) atoms. The Labute approximate surface area is 141 Å². The maximum atomic E-state index is 11.9. The van der Waals surface area contributed by atoms with Crippen molar-refractivity contribution >= 4 is 23.5 Å². The van der Waals surface area contributed by atoms with E-state index < -0.39 is 11.9 Å². The number of hydrogen-bond acceptors (Lipinski definition) is 3. The first-order chi connectivity index (χ1) is 11.0. The lowest BCUT2D eigenvalue weighted by Crippen LogP contribution is -2.40. The summed E-state index contributed by atoms with van der Waals surface area (Å²) in [5, 5.41) is 12.6. The monoisotopic (exact) mass is 339 g/mol. The van der Waals surface area contributed by atoms with Crippen molar-refractivity contribution < 1.29 is 19.4 Å². The highest BCUT2D eigenvalue weighted by Gasteiger charge is 2.33. The maximum Gasteiger partial charge on any atom is 0.308 e. The standard InChI is InChI=1S/C17H22ClNO4/c1-11-10-12(7-8-14(11)18)23-9-3-6-16(20)19-15-5-2-4-13(15)17(21)22/h7-8,10,13,15H,2-6,9H2,1H3,(H,19,20)(H,21,22)/t13-,15+/m0/s1. The first-order valence-corrected chi connectivity index (χ1v) is 8.26. The molecule has 0 spiro atoms. The van der Waals surface area contributed by atoms with E-state index >= 15 is 0 Å². The van der Waals surface area contributed by atoms with Gasteiger partial charge in [0.1, 0.15) is 5.75 Å². The van der Waals surface area contributed by atoms with Crippen LogP contribution in [-0.4, -0.2) is 29.6 Å². The number of carbonyl (C=O) groups is 2. The molecule has 0 unspecified atom stereocenters. The molecule has 5 nitrogen and oxygen atoms in total. The number of benzene rings is 1. The first-order valence-electron chi connectivity index (χ1n) is 7.88. The van der Waals surface area contributed by atoms with E-state index in [1.165, 1.54) is 0 Å². The number of amides is 1. The van der Waals surface area contributed by atoms with Gasteiger partial charge in [0.15, 0.2) is 0 Å². The molecular weight excluding hydrogens is 318 g/mol. The van der Waals surface area contributed by atoms with Crippen LogP contribution in [0.25, 0.3) is 0 Å². The number of ether oxygens (including phenoxy) is 1. The molecular formula is C17H22ClNO4. The van der Waals surface area contributed by atoms with Gasteiger partial charge in [-0.15, -0.1) is 0 Å². The largest absolute Gasteiger partial charge is 0.494 e. The predicted octanol–water partition coefficient (Wildman–Crippen LogP) is 3.18. The van der Waals surface area contributed by atoms with Gasteiger partial charge in [0.2, 0.25) is 5.91 Å². The molecule has 6 heteroatoms. The van der Waals surface area contributed by atoms with Crippen molar-refractivity contribution in [3.8, 4) is 5.75 Å². The Balaban J connectivity index is 1.68. The van der Waals surface area contributed by atoms with Crippen LogP contribution in [-0.2, 0) is 9.59 Å². The van der Waals surface area contributed by atoms with Gasteiger partial charge < -0.3 is 15.2 Å². The summed E-state index contributed by atoms with van der Waals surface area (Å²) in [5.74, 6) is -0.658. The summed E-state index contributed by atoms with van der Waals surface area (Å²) < 4.78 is 5.59. The van der Waals surface area contributed by atoms with Crippen molar-refractivity contribution in [1.82, 2.24) is 5.32 Å². The van der Waals surface area contributed by atoms with Gasteiger partial charge >= 0.3 is 5.97 Å². The topological polar surface area (TPSA) is 75.6 Å². The number of aryl methyl sites for hydroxylation is 1. The average molecular weight is 340 g/mol. The van der Waals surface area contributed by atoms with Crippen molar-refractivity contribution in [2.45, 2.75) is 45.1 Å². The second-order valence-corrected chi connectivity index (χ2v) is 6.32. The summed E-state index contributed by atoms with van der Waals surface area (Å²) in [6.45, 7) is 2.34. The summed E-state index contributed by atoms with van der Waals surface area (Å²) in [6.07, 6.45) is 3.14. The van der Waals surface area contributed by atoms with Gasteiger partial charge in [0.25, 0.3) is 0 Å². The molecule has 126 valence electrons. The van der Waals surface area contributed by atoms with Crippen LogP contribution in [0.4, 0.5) is 0 Å². The average Bonchev–Trinajstić information content (AvgIpc) is 2.95. The van der Waals surface area contributed by atoms with Gasteiger partial charge in [-0.05, 0) is 49.9 Å². The molecule has 1 fully saturated rings. The van der Waals surface area contributed by atoms with Crippen LogP contribution in [0.2, 0.25) is 5.02 Å². The lowest BCUT2D eigenvalue weighted by atomic mass is 10.0. The highest BCUT2D eigenvalue weighted by molar-refractivity contribution is 6.31. The summed E-state index contributed by atoms with van der Waals surface area (Å²) in [6, 6.07) is 5.20. The van der Waals surface area contributed by atoms with E-state index in [9.17, 15) is 9.59 Å². The summed E-state index contributed by atoms with van der Waals surface area (Å²) in [7, 11) is 0. The summed E-state index contributed by atoms with van der Waals surface area (Å²) in [5.41, 5.74) is 0.947. The molecule has 1 aromatic rings. The molecule has 0 heterocycles. The molecule has 1 aliphatic carbocycles. The minimum absolute atomic E-state index is 0.112. The molecule has 0 aromatic heterocycles. The molecule has 2 N–H and O–H groups in total. The Hall–Kier alpha value is -1.75. The quantitative estimate of drug-likeness (QED) is 0.748. The van der Waals surface area contributed by atoms with Crippen molar-refractivity contribution in [2.75, 3.05) is 6.61 Å². The molecule has 0 bridgehead atoms. The van der Waals surface area contributed by atoms with Crippen LogP contribution >= 0.6 is 11.6 Å². The second-order valence-electron chi connectivity index (χ2n) is 5.91. The summed E-state index contributed by atoms with van der Waals surface area (Å²) in [4.78, 5) is 23.0. The van der Waals surface area contributed by atoms with Gasteiger partial charge in [-0.3, -0.25) is 9.59 Å². The van der Waals surface area contributed by atoms with Crippen LogP contribution in [0.1, 0.15) is 37.7 Å². The molecule has 1 saturated carbocycles. The van der Waals surface area contributed by atoms with E-state index in [1.807, 2.05) is 13.0 Å². The lowest BCUT2D eigenvalue weighted by molar-refractivity contribution is -0.142. The fraction of sp³-hybridized carbons (Fsp3) is 0.529. The molecule has 0 aliphatic heterocycles. The fourth-order valence-corrected chi connectivity index (χ4v) is 2.95. The van der Waals surface area contributed by atoms with Gasteiger partial charge in [0, 0.05) is 17.5 Å². The summed E-state index contributed by atoms with van der Waals surface area (Å²) >= 11 is 5.95. The molecule has 0 saturated heterocycles. The highest BCUT2D eigenvalue weighted by Crippen LogP contribution is 2.26. The maximum absolute atomic E-state index is 11.9. The molecule has 0 radical (unpaired) electrons. The van der Waals surface area contributed by atoms with Crippen molar-refractivity contribution in [3.05, 3.63) is 28.8 Å². The number of nitrogens with one attached hydrogen (secondary N) is 1. The third kappa shape index (κ3) is 5.13. The number of halogens is 1. The Bertz CT molecular complexity index is 576. The van der Waals surface area contributed by atoms with Gasteiger partial charge in [0.05, 0.1) is 12.5 Å². The Kier molecular flexibility index (Phi) is 6.28. The fourth-order valence-electron chi connectivity index (χ4n) is 2.84. The third-order valence-electron chi connectivity index (χ3n) is 4.13. The second kappa shape index (κ2) is 8.20. The van der Waals surface area contributed by atoms with E-state index in [-0.39, 0.29) is 11.9 Å². The number of carboxylic acids is 1. The van der Waals surface area contributed by atoms with Gasteiger partial charge in [-0.2, -0.15) is 0 Å². The van der Waals surface area contributed by atoms with E-state index in [1.54, 1.807) is 12.1 Å². The zero-order valence-electron chi connectivity index (χ0n) is 13.2. The van der Waals surface area contributed by atoms with E-state index in [0.717, 1.165) is 24.2 Å². The number of aliphatic carboxylic acids is 1. The van der Waals surface area contributed by atoms with E-state index in [2.05, 4.69) is 5.32 Å². The lowest BCUT2D eigenvalue weighted by Gasteiger charge is -2.17. The van der Waals surface area contributed by atoms with Crippen LogP contribution in [0, 0.1) is 12.8 Å². The van der Waals surface area contributed by atoms with Crippen molar-refractivity contribution in [2.24, 2.45) is 5.92 Å². The van der Waals surface area contributed by atoms with Gasteiger partial charge in [-0.1, -0.05) is 18.0 Å². The predicted molar refractivity (Wildman–Crippen MR) is 87.8 cm³/mol. The van der Waals surface area contributed by atoms with Crippen LogP contribution in [0.5, 0.6) is 5.75 Å². The molecule has 1 aromatic carbocycles. The van der Waals surface area contributed by atoms with E-state index in [4.69, 9.17) is 21.4 Å². The van der Waals surface area contributed by atoms with Crippen molar-refractivity contribution in [1.29, 1.82) is 0 Å². The Morgan fingerprint density at radius 3 is 2.87 bits per heavy atom. The Morgan fingerprint density at radius 2 is 2.17 bits per heavy atom. The normalized spacial score (nSPS) is 20.3. The SMILES string of the molecule is Cc1cc(OCCCC(=O)N[C@@H]2CCC[C@@H]2C(=O)O)ccc1Cl. The minimum Gasteiger partial charge on any atom is -0.494 e. The number of hydrogen-bond donors (Lipinski definition) is 2.